The van der Waals surface area contributed by atoms with Crippen LogP contribution in [0.15, 0.2) is 30.3 Å². The van der Waals surface area contributed by atoms with E-state index in [4.69, 9.17) is 0 Å². The van der Waals surface area contributed by atoms with Crippen LogP contribution in [0, 0.1) is 10.8 Å². The zero-order valence-corrected chi connectivity index (χ0v) is 12.8. The van der Waals surface area contributed by atoms with E-state index >= 15 is 0 Å². The highest BCUT2D eigenvalue weighted by molar-refractivity contribution is 5.22. The standard InChI is InChI=1S/C17H27NO/c1-16(2,3)15(12-9-7-6-8-10-12)18-13-11-14(19)17(13,4)5/h6-10,13-15,18-19H,11H2,1-5H3. The van der Waals surface area contributed by atoms with Gasteiger partial charge >= 0.3 is 0 Å². The van der Waals surface area contributed by atoms with Gasteiger partial charge in [-0.2, -0.15) is 0 Å². The number of rotatable bonds is 3. The molecule has 0 heterocycles. The Bertz CT molecular complexity index is 419. The van der Waals surface area contributed by atoms with E-state index in [1.165, 1.54) is 5.56 Å². The topological polar surface area (TPSA) is 32.3 Å². The Hall–Kier alpha value is -0.860. The predicted octanol–water partition coefficient (Wildman–Crippen LogP) is 3.52. The molecule has 2 nitrogen and oxygen atoms in total. The monoisotopic (exact) mass is 261 g/mol. The first-order valence-electron chi connectivity index (χ1n) is 7.22. The molecule has 1 aliphatic carbocycles. The van der Waals surface area contributed by atoms with E-state index in [1.807, 2.05) is 0 Å². The SMILES string of the molecule is CC(C)(C)C(NC1CC(O)C1(C)C)c1ccccc1. The number of hydrogen-bond donors (Lipinski definition) is 2. The van der Waals surface area contributed by atoms with Gasteiger partial charge in [-0.05, 0) is 17.4 Å². The highest BCUT2D eigenvalue weighted by Gasteiger charge is 2.48. The summed E-state index contributed by atoms with van der Waals surface area (Å²) in [7, 11) is 0. The molecule has 19 heavy (non-hydrogen) atoms. The zero-order chi connectivity index (χ0) is 14.3. The average Bonchev–Trinajstić information content (AvgIpc) is 2.33. The zero-order valence-electron chi connectivity index (χ0n) is 12.8. The van der Waals surface area contributed by atoms with Gasteiger partial charge in [0.15, 0.2) is 0 Å². The fourth-order valence-electron chi connectivity index (χ4n) is 2.88. The van der Waals surface area contributed by atoms with Crippen LogP contribution in [0.4, 0.5) is 0 Å². The summed E-state index contributed by atoms with van der Waals surface area (Å²) in [5.41, 5.74) is 1.45. The van der Waals surface area contributed by atoms with Gasteiger partial charge in [0.25, 0.3) is 0 Å². The van der Waals surface area contributed by atoms with Crippen molar-refractivity contribution in [3.63, 3.8) is 0 Å². The molecule has 1 aromatic rings. The van der Waals surface area contributed by atoms with Crippen molar-refractivity contribution in [2.45, 2.75) is 59.2 Å². The van der Waals surface area contributed by atoms with Crippen molar-refractivity contribution in [1.82, 2.24) is 5.32 Å². The van der Waals surface area contributed by atoms with Crippen molar-refractivity contribution in [3.05, 3.63) is 35.9 Å². The van der Waals surface area contributed by atoms with Crippen LogP contribution in [0.3, 0.4) is 0 Å². The molecule has 0 amide bonds. The molecule has 3 unspecified atom stereocenters. The smallest absolute Gasteiger partial charge is 0.0621 e. The molecule has 0 aliphatic heterocycles. The second kappa shape index (κ2) is 4.92. The maximum atomic E-state index is 9.89. The molecule has 0 spiro atoms. The molecular weight excluding hydrogens is 234 g/mol. The average molecular weight is 261 g/mol. The van der Waals surface area contributed by atoms with E-state index in [0.29, 0.717) is 12.1 Å². The molecule has 2 heteroatoms. The van der Waals surface area contributed by atoms with E-state index in [9.17, 15) is 5.11 Å². The Kier molecular flexibility index (Phi) is 3.76. The highest BCUT2D eigenvalue weighted by atomic mass is 16.3. The van der Waals surface area contributed by atoms with Crippen molar-refractivity contribution in [2.24, 2.45) is 10.8 Å². The van der Waals surface area contributed by atoms with E-state index in [0.717, 1.165) is 6.42 Å². The van der Waals surface area contributed by atoms with E-state index in [1.54, 1.807) is 0 Å². The first-order chi connectivity index (χ1) is 8.73. The third-order valence-corrected chi connectivity index (χ3v) is 4.58. The third kappa shape index (κ3) is 2.85. The first-order valence-corrected chi connectivity index (χ1v) is 7.22. The number of benzene rings is 1. The van der Waals surface area contributed by atoms with Crippen LogP contribution in [0.1, 0.15) is 52.6 Å². The van der Waals surface area contributed by atoms with Gasteiger partial charge in [0.05, 0.1) is 6.10 Å². The fourth-order valence-corrected chi connectivity index (χ4v) is 2.88. The van der Waals surface area contributed by atoms with Crippen LogP contribution in [0.2, 0.25) is 0 Å². The Labute approximate surface area is 117 Å². The molecule has 0 aromatic heterocycles. The van der Waals surface area contributed by atoms with Gasteiger partial charge in [0.2, 0.25) is 0 Å². The molecule has 106 valence electrons. The van der Waals surface area contributed by atoms with Gasteiger partial charge in [0.1, 0.15) is 0 Å². The number of aliphatic hydroxyl groups is 1. The Morgan fingerprint density at radius 1 is 1.21 bits per heavy atom. The van der Waals surface area contributed by atoms with Crippen LogP contribution in [-0.4, -0.2) is 17.3 Å². The minimum absolute atomic E-state index is 0.0295. The van der Waals surface area contributed by atoms with Crippen molar-refractivity contribution >= 4 is 0 Å². The van der Waals surface area contributed by atoms with Gasteiger partial charge < -0.3 is 10.4 Å². The molecule has 1 saturated carbocycles. The van der Waals surface area contributed by atoms with Crippen LogP contribution >= 0.6 is 0 Å². The van der Waals surface area contributed by atoms with Gasteiger partial charge in [-0.1, -0.05) is 65.0 Å². The third-order valence-electron chi connectivity index (χ3n) is 4.58. The van der Waals surface area contributed by atoms with Crippen LogP contribution in [0.25, 0.3) is 0 Å². The van der Waals surface area contributed by atoms with Crippen molar-refractivity contribution in [1.29, 1.82) is 0 Å². The maximum absolute atomic E-state index is 9.89. The Balaban J connectivity index is 2.18. The number of nitrogens with one attached hydrogen (secondary N) is 1. The van der Waals surface area contributed by atoms with E-state index < -0.39 is 0 Å². The quantitative estimate of drug-likeness (QED) is 0.872. The minimum Gasteiger partial charge on any atom is -0.392 e. The van der Waals surface area contributed by atoms with E-state index in [2.05, 4.69) is 70.3 Å². The largest absolute Gasteiger partial charge is 0.392 e. The maximum Gasteiger partial charge on any atom is 0.0621 e. The van der Waals surface area contributed by atoms with Crippen LogP contribution in [0.5, 0.6) is 0 Å². The van der Waals surface area contributed by atoms with Crippen LogP contribution in [-0.2, 0) is 0 Å². The molecule has 1 fully saturated rings. The van der Waals surface area contributed by atoms with Gasteiger partial charge in [-0.25, -0.2) is 0 Å². The molecule has 1 aliphatic rings. The summed E-state index contributed by atoms with van der Waals surface area (Å²) >= 11 is 0. The molecule has 0 radical (unpaired) electrons. The summed E-state index contributed by atoms with van der Waals surface area (Å²) in [5, 5.41) is 13.7. The summed E-state index contributed by atoms with van der Waals surface area (Å²) in [6, 6.07) is 11.3. The lowest BCUT2D eigenvalue weighted by Crippen LogP contribution is -2.61. The summed E-state index contributed by atoms with van der Waals surface area (Å²) in [6.45, 7) is 11.1. The number of hydrogen-bond acceptors (Lipinski definition) is 2. The Morgan fingerprint density at radius 2 is 1.79 bits per heavy atom. The lowest BCUT2D eigenvalue weighted by atomic mass is 9.64. The van der Waals surface area contributed by atoms with E-state index in [-0.39, 0.29) is 16.9 Å². The highest BCUT2D eigenvalue weighted by Crippen LogP contribution is 2.43. The van der Waals surface area contributed by atoms with Gasteiger partial charge in [0, 0.05) is 17.5 Å². The lowest BCUT2D eigenvalue weighted by Gasteiger charge is -2.52. The van der Waals surface area contributed by atoms with Crippen molar-refractivity contribution < 1.29 is 5.11 Å². The van der Waals surface area contributed by atoms with Gasteiger partial charge in [-0.15, -0.1) is 0 Å². The molecule has 2 rings (SSSR count). The second-order valence-electron chi connectivity index (χ2n) is 7.50. The summed E-state index contributed by atoms with van der Waals surface area (Å²) in [6.07, 6.45) is 0.674. The molecular formula is C17H27NO. The molecule has 3 atom stereocenters. The molecule has 1 aromatic carbocycles. The fraction of sp³-hybridized carbons (Fsp3) is 0.647. The predicted molar refractivity (Wildman–Crippen MR) is 80.0 cm³/mol. The second-order valence-corrected chi connectivity index (χ2v) is 7.50. The lowest BCUT2D eigenvalue weighted by molar-refractivity contribution is -0.0802. The molecule has 0 bridgehead atoms. The van der Waals surface area contributed by atoms with Crippen molar-refractivity contribution in [2.75, 3.05) is 0 Å². The van der Waals surface area contributed by atoms with Crippen molar-refractivity contribution in [3.8, 4) is 0 Å². The van der Waals surface area contributed by atoms with Gasteiger partial charge in [-0.3, -0.25) is 0 Å². The molecule has 2 N–H and O–H groups in total. The first kappa shape index (κ1) is 14.5. The molecule has 0 saturated heterocycles. The summed E-state index contributed by atoms with van der Waals surface area (Å²) in [4.78, 5) is 0. The minimum atomic E-state index is -0.179. The normalized spacial score (nSPS) is 27.7. The summed E-state index contributed by atoms with van der Waals surface area (Å²) in [5.74, 6) is 0. The number of aliphatic hydroxyl groups excluding tert-OH is 1. The van der Waals surface area contributed by atoms with Crippen LogP contribution < -0.4 is 5.32 Å². The summed E-state index contributed by atoms with van der Waals surface area (Å²) < 4.78 is 0. The Morgan fingerprint density at radius 3 is 2.21 bits per heavy atom.